The molecular weight excluding hydrogens is 164 g/mol. The molecule has 1 atom stereocenters. The van der Waals surface area contributed by atoms with Crippen LogP contribution in [-0.2, 0) is 4.43 Å². The molecule has 0 aliphatic heterocycles. The van der Waals surface area contributed by atoms with E-state index in [1.165, 1.54) is 31.3 Å². The summed E-state index contributed by atoms with van der Waals surface area (Å²) in [5, 5.41) is 0. The molecule has 0 spiro atoms. The second kappa shape index (κ2) is 7.56. The van der Waals surface area contributed by atoms with Crippen molar-refractivity contribution in [1.29, 1.82) is 0 Å². The Balaban J connectivity index is 4.01. The Morgan fingerprint density at radius 1 is 1.42 bits per heavy atom. The molecule has 0 heterocycles. The predicted octanol–water partition coefficient (Wildman–Crippen LogP) is 2.20. The lowest BCUT2D eigenvalue weighted by molar-refractivity contribution is 0.277. The smallest absolute Gasteiger partial charge is 0.146 e. The summed E-state index contributed by atoms with van der Waals surface area (Å²) in [6.45, 7) is 6.59. The minimum atomic E-state index is 0.364. The molecule has 0 fully saturated rings. The van der Waals surface area contributed by atoms with Gasteiger partial charge in [0.15, 0.2) is 0 Å². The Hall–Kier alpha value is -0.0831. The van der Waals surface area contributed by atoms with E-state index in [1.807, 2.05) is 0 Å². The van der Waals surface area contributed by atoms with Gasteiger partial charge >= 0.3 is 0 Å². The van der Waals surface area contributed by atoms with E-state index in [-0.39, 0.29) is 0 Å². The fourth-order valence-corrected chi connectivity index (χ4v) is 1.54. The minimum Gasteiger partial charge on any atom is -0.422 e. The average molecular weight is 186 g/mol. The second-order valence-corrected chi connectivity index (χ2v) is 3.67. The summed E-state index contributed by atoms with van der Waals surface area (Å²) in [5.74, 6) is 0. The van der Waals surface area contributed by atoms with Gasteiger partial charge in [0.05, 0.1) is 6.10 Å². The van der Waals surface area contributed by atoms with E-state index in [2.05, 4.69) is 26.8 Å². The van der Waals surface area contributed by atoms with E-state index in [0.29, 0.717) is 6.10 Å². The molecule has 1 nitrogen and oxygen atoms in total. The summed E-state index contributed by atoms with van der Waals surface area (Å²) in [6, 6.07) is 0. The first-order valence-electron chi connectivity index (χ1n) is 4.97. The van der Waals surface area contributed by atoms with Crippen molar-refractivity contribution in [3.63, 3.8) is 0 Å². The molecule has 0 aliphatic rings. The molecule has 0 bridgehead atoms. The SMILES string of the molecule is CCCC=C(CCC)C(C)O[SiH3]. The largest absolute Gasteiger partial charge is 0.422 e. The van der Waals surface area contributed by atoms with Gasteiger partial charge in [-0.05, 0) is 25.3 Å². The van der Waals surface area contributed by atoms with E-state index in [0.717, 1.165) is 10.5 Å². The topological polar surface area (TPSA) is 9.23 Å². The number of unbranched alkanes of at least 4 members (excludes halogenated alkanes) is 1. The van der Waals surface area contributed by atoms with E-state index in [1.54, 1.807) is 0 Å². The third kappa shape index (κ3) is 4.73. The number of hydrogen-bond donors (Lipinski definition) is 0. The first-order valence-corrected chi connectivity index (χ1v) is 5.79. The van der Waals surface area contributed by atoms with Gasteiger partial charge in [0.25, 0.3) is 0 Å². The van der Waals surface area contributed by atoms with E-state index in [4.69, 9.17) is 4.43 Å². The molecule has 1 unspecified atom stereocenters. The van der Waals surface area contributed by atoms with Crippen molar-refractivity contribution in [2.75, 3.05) is 0 Å². The van der Waals surface area contributed by atoms with Gasteiger partial charge in [-0.15, -0.1) is 0 Å². The molecule has 0 N–H and O–H groups in total. The Bertz CT molecular complexity index is 132. The summed E-state index contributed by atoms with van der Waals surface area (Å²) in [4.78, 5) is 0. The predicted molar refractivity (Wildman–Crippen MR) is 58.4 cm³/mol. The molecule has 12 heavy (non-hydrogen) atoms. The molecule has 0 radical (unpaired) electrons. The first-order chi connectivity index (χ1) is 5.76. The lowest BCUT2D eigenvalue weighted by atomic mass is 10.0. The van der Waals surface area contributed by atoms with Gasteiger partial charge in [0, 0.05) is 0 Å². The highest BCUT2D eigenvalue weighted by Crippen LogP contribution is 2.13. The summed E-state index contributed by atoms with van der Waals surface area (Å²) >= 11 is 0. The van der Waals surface area contributed by atoms with Gasteiger partial charge < -0.3 is 4.43 Å². The minimum absolute atomic E-state index is 0.364. The van der Waals surface area contributed by atoms with Crippen LogP contribution in [-0.4, -0.2) is 16.6 Å². The number of hydrogen-bond acceptors (Lipinski definition) is 1. The highest BCUT2D eigenvalue weighted by atomic mass is 28.2. The van der Waals surface area contributed by atoms with Crippen LogP contribution in [0, 0.1) is 0 Å². The number of rotatable bonds is 6. The highest BCUT2D eigenvalue weighted by molar-refractivity contribution is 5.98. The Morgan fingerprint density at radius 3 is 2.50 bits per heavy atom. The molecule has 0 aromatic carbocycles. The lowest BCUT2D eigenvalue weighted by Gasteiger charge is -2.14. The molecule has 0 saturated carbocycles. The summed E-state index contributed by atoms with van der Waals surface area (Å²) in [6.07, 6.45) is 7.58. The first kappa shape index (κ1) is 11.9. The molecule has 0 aromatic rings. The zero-order chi connectivity index (χ0) is 9.40. The molecule has 0 aliphatic carbocycles. The Labute approximate surface area is 79.7 Å². The Morgan fingerprint density at radius 2 is 2.08 bits per heavy atom. The third-order valence-corrected chi connectivity index (χ3v) is 2.82. The van der Waals surface area contributed by atoms with Crippen molar-refractivity contribution >= 4 is 10.5 Å². The summed E-state index contributed by atoms with van der Waals surface area (Å²) in [7, 11) is 0.846. The summed E-state index contributed by atoms with van der Waals surface area (Å²) in [5.41, 5.74) is 1.49. The van der Waals surface area contributed by atoms with Gasteiger partial charge in [-0.25, -0.2) is 0 Å². The van der Waals surface area contributed by atoms with Gasteiger partial charge in [-0.2, -0.15) is 0 Å². The monoisotopic (exact) mass is 186 g/mol. The van der Waals surface area contributed by atoms with Crippen LogP contribution in [0.1, 0.15) is 46.5 Å². The van der Waals surface area contributed by atoms with Crippen LogP contribution >= 0.6 is 0 Å². The highest BCUT2D eigenvalue weighted by Gasteiger charge is 2.04. The standard InChI is InChI=1S/C10H22OSi/c1-4-6-8-10(7-5-2)9(3)11-12/h8-9H,4-7H2,1-3,12H3. The fraction of sp³-hybridized carbons (Fsp3) is 0.800. The van der Waals surface area contributed by atoms with Gasteiger partial charge in [0.2, 0.25) is 0 Å². The van der Waals surface area contributed by atoms with E-state index in [9.17, 15) is 0 Å². The van der Waals surface area contributed by atoms with Crippen LogP contribution < -0.4 is 0 Å². The zero-order valence-corrected chi connectivity index (χ0v) is 10.9. The maximum Gasteiger partial charge on any atom is 0.146 e. The Kier molecular flexibility index (Phi) is 7.51. The van der Waals surface area contributed by atoms with E-state index >= 15 is 0 Å². The van der Waals surface area contributed by atoms with Crippen molar-refractivity contribution in [1.82, 2.24) is 0 Å². The molecular formula is C10H22OSi. The number of allylic oxidation sites excluding steroid dienone is 1. The van der Waals surface area contributed by atoms with Gasteiger partial charge in [-0.3, -0.25) is 0 Å². The van der Waals surface area contributed by atoms with Crippen LogP contribution in [0.3, 0.4) is 0 Å². The van der Waals surface area contributed by atoms with Crippen molar-refractivity contribution in [3.8, 4) is 0 Å². The van der Waals surface area contributed by atoms with Gasteiger partial charge in [0.1, 0.15) is 10.5 Å². The zero-order valence-electron chi connectivity index (χ0n) is 8.89. The molecule has 0 saturated heterocycles. The quantitative estimate of drug-likeness (QED) is 0.456. The van der Waals surface area contributed by atoms with Crippen LogP contribution in [0.2, 0.25) is 0 Å². The van der Waals surface area contributed by atoms with Crippen molar-refractivity contribution in [2.45, 2.75) is 52.6 Å². The molecule has 0 amide bonds. The molecule has 0 rings (SSSR count). The second-order valence-electron chi connectivity index (χ2n) is 3.20. The molecule has 2 heteroatoms. The lowest BCUT2D eigenvalue weighted by Crippen LogP contribution is -2.09. The molecule has 0 aromatic heterocycles. The van der Waals surface area contributed by atoms with Crippen LogP contribution in [0.5, 0.6) is 0 Å². The normalized spacial score (nSPS) is 15.1. The van der Waals surface area contributed by atoms with Crippen LogP contribution in [0.25, 0.3) is 0 Å². The van der Waals surface area contributed by atoms with Crippen molar-refractivity contribution in [3.05, 3.63) is 11.6 Å². The average Bonchev–Trinajstić information content (AvgIpc) is 2.11. The van der Waals surface area contributed by atoms with Crippen LogP contribution in [0.4, 0.5) is 0 Å². The molecule has 72 valence electrons. The van der Waals surface area contributed by atoms with Crippen molar-refractivity contribution < 1.29 is 4.43 Å². The maximum absolute atomic E-state index is 5.43. The van der Waals surface area contributed by atoms with Gasteiger partial charge in [-0.1, -0.05) is 32.8 Å². The maximum atomic E-state index is 5.43. The van der Waals surface area contributed by atoms with Crippen molar-refractivity contribution in [2.24, 2.45) is 0 Å². The van der Waals surface area contributed by atoms with Crippen LogP contribution in [0.15, 0.2) is 11.6 Å². The third-order valence-electron chi connectivity index (χ3n) is 2.11. The fourth-order valence-electron chi connectivity index (χ4n) is 1.24. The van der Waals surface area contributed by atoms with E-state index < -0.39 is 0 Å². The summed E-state index contributed by atoms with van der Waals surface area (Å²) < 4.78 is 5.43.